The molecule has 1 saturated heterocycles. The Morgan fingerprint density at radius 1 is 1.14 bits per heavy atom. The van der Waals surface area contributed by atoms with E-state index in [2.05, 4.69) is 69.0 Å². The predicted molar refractivity (Wildman–Crippen MR) is 93.3 cm³/mol. The van der Waals surface area contributed by atoms with Crippen molar-refractivity contribution in [2.75, 3.05) is 13.6 Å². The van der Waals surface area contributed by atoms with E-state index in [9.17, 15) is 0 Å². The molecule has 0 bridgehead atoms. The molecule has 2 heterocycles. The van der Waals surface area contributed by atoms with Crippen molar-refractivity contribution in [1.82, 2.24) is 20.4 Å². The molecule has 1 aromatic heterocycles. The van der Waals surface area contributed by atoms with E-state index in [0.717, 1.165) is 18.7 Å². The van der Waals surface area contributed by atoms with Crippen LogP contribution >= 0.6 is 0 Å². The average molecular weight is 306 g/mol. The van der Waals surface area contributed by atoms with Crippen LogP contribution in [0.15, 0.2) is 0 Å². The Morgan fingerprint density at radius 2 is 1.73 bits per heavy atom. The molecule has 22 heavy (non-hydrogen) atoms. The molecule has 0 aromatic carbocycles. The van der Waals surface area contributed by atoms with E-state index in [1.54, 1.807) is 0 Å². The van der Waals surface area contributed by atoms with Crippen LogP contribution in [-0.2, 0) is 6.42 Å². The van der Waals surface area contributed by atoms with E-state index >= 15 is 0 Å². The Hall–Kier alpha value is -0.870. The van der Waals surface area contributed by atoms with E-state index in [1.807, 2.05) is 0 Å². The lowest BCUT2D eigenvalue weighted by atomic mass is 9.79. The summed E-state index contributed by atoms with van der Waals surface area (Å²) >= 11 is 0. The van der Waals surface area contributed by atoms with Crippen LogP contribution in [0.1, 0.15) is 63.9 Å². The molecular formula is C18H34N4. The number of aryl methyl sites for hydroxylation is 2. The molecule has 1 fully saturated rings. The summed E-state index contributed by atoms with van der Waals surface area (Å²) in [5.74, 6) is 0. The molecule has 0 spiro atoms. The van der Waals surface area contributed by atoms with Crippen molar-refractivity contribution in [3.63, 3.8) is 0 Å². The summed E-state index contributed by atoms with van der Waals surface area (Å²) < 4.78 is 0. The van der Waals surface area contributed by atoms with E-state index in [1.165, 1.54) is 30.5 Å². The minimum atomic E-state index is 0.221. The van der Waals surface area contributed by atoms with Crippen molar-refractivity contribution >= 4 is 0 Å². The third-order valence-corrected chi connectivity index (χ3v) is 5.01. The van der Waals surface area contributed by atoms with Gasteiger partial charge in [-0.1, -0.05) is 0 Å². The monoisotopic (exact) mass is 306 g/mol. The third kappa shape index (κ3) is 4.32. The third-order valence-electron chi connectivity index (χ3n) is 5.01. The fourth-order valence-electron chi connectivity index (χ4n) is 4.21. The summed E-state index contributed by atoms with van der Waals surface area (Å²) in [5, 5.41) is 11.2. The van der Waals surface area contributed by atoms with Crippen LogP contribution in [0.2, 0.25) is 0 Å². The van der Waals surface area contributed by atoms with Crippen LogP contribution in [0.5, 0.6) is 0 Å². The number of hydrogen-bond donors (Lipinski definition) is 2. The van der Waals surface area contributed by atoms with E-state index in [0.29, 0.717) is 6.04 Å². The van der Waals surface area contributed by atoms with Gasteiger partial charge < -0.3 is 10.2 Å². The van der Waals surface area contributed by atoms with Gasteiger partial charge in [-0.2, -0.15) is 5.10 Å². The van der Waals surface area contributed by atoms with Crippen molar-refractivity contribution in [3.8, 4) is 0 Å². The van der Waals surface area contributed by atoms with Crippen molar-refractivity contribution in [2.24, 2.45) is 0 Å². The number of aromatic nitrogens is 2. The maximum Gasteiger partial charge on any atom is 0.0625 e. The smallest absolute Gasteiger partial charge is 0.0625 e. The number of piperidine rings is 1. The zero-order valence-corrected chi connectivity index (χ0v) is 15.5. The number of nitrogens with zero attached hydrogens (tertiary/aromatic N) is 2. The second-order valence-corrected chi connectivity index (χ2v) is 8.45. The number of rotatable bonds is 5. The predicted octanol–water partition coefficient (Wildman–Crippen LogP) is 3.20. The van der Waals surface area contributed by atoms with Gasteiger partial charge in [-0.25, -0.2) is 0 Å². The Labute approximate surface area is 136 Å². The average Bonchev–Trinajstić information content (AvgIpc) is 2.66. The van der Waals surface area contributed by atoms with Crippen molar-refractivity contribution in [1.29, 1.82) is 0 Å². The van der Waals surface area contributed by atoms with Gasteiger partial charge in [0, 0.05) is 22.8 Å². The first-order valence-electron chi connectivity index (χ1n) is 8.60. The molecule has 0 amide bonds. The van der Waals surface area contributed by atoms with E-state index in [-0.39, 0.29) is 11.1 Å². The van der Waals surface area contributed by atoms with Crippen molar-refractivity contribution in [3.05, 3.63) is 17.0 Å². The van der Waals surface area contributed by atoms with Crippen LogP contribution in [0, 0.1) is 13.8 Å². The molecular weight excluding hydrogens is 272 g/mol. The number of H-pyrrole nitrogens is 1. The molecule has 0 aliphatic carbocycles. The lowest BCUT2D eigenvalue weighted by molar-refractivity contribution is 0.0810. The molecule has 2 rings (SSSR count). The van der Waals surface area contributed by atoms with Gasteiger partial charge >= 0.3 is 0 Å². The van der Waals surface area contributed by atoms with Crippen LogP contribution in [-0.4, -0.2) is 45.8 Å². The Morgan fingerprint density at radius 3 is 2.23 bits per heavy atom. The Kier molecular flexibility index (Phi) is 5.03. The van der Waals surface area contributed by atoms with Gasteiger partial charge in [0.25, 0.3) is 0 Å². The molecule has 1 aliphatic rings. The lowest BCUT2D eigenvalue weighted by Crippen LogP contribution is -2.61. The lowest BCUT2D eigenvalue weighted by Gasteiger charge is -2.49. The number of aromatic amines is 1. The minimum absolute atomic E-state index is 0.221. The van der Waals surface area contributed by atoms with Gasteiger partial charge in [0.2, 0.25) is 0 Å². The maximum absolute atomic E-state index is 4.29. The summed E-state index contributed by atoms with van der Waals surface area (Å²) in [6, 6.07) is 0.665. The normalized spacial score (nSPS) is 21.5. The summed E-state index contributed by atoms with van der Waals surface area (Å²) in [5.41, 5.74) is 4.23. The highest BCUT2D eigenvalue weighted by atomic mass is 15.2. The van der Waals surface area contributed by atoms with Crippen molar-refractivity contribution < 1.29 is 0 Å². The molecule has 4 heteroatoms. The maximum atomic E-state index is 4.29. The summed E-state index contributed by atoms with van der Waals surface area (Å²) in [4.78, 5) is 2.56. The SMILES string of the molecule is Cc1n[nH]c(C)c1CCCN(C)C1CC(C)(C)NC(C)(C)C1. The molecule has 0 saturated carbocycles. The molecule has 0 unspecified atom stereocenters. The highest BCUT2D eigenvalue weighted by molar-refractivity contribution is 5.23. The summed E-state index contributed by atoms with van der Waals surface area (Å²) in [6.45, 7) is 14.7. The first kappa shape index (κ1) is 17.5. The molecule has 1 aliphatic heterocycles. The first-order chi connectivity index (χ1) is 10.1. The van der Waals surface area contributed by atoms with Gasteiger partial charge in [-0.15, -0.1) is 0 Å². The molecule has 1 aromatic rings. The highest BCUT2D eigenvalue weighted by Crippen LogP contribution is 2.31. The van der Waals surface area contributed by atoms with E-state index in [4.69, 9.17) is 0 Å². The highest BCUT2D eigenvalue weighted by Gasteiger charge is 2.38. The second-order valence-electron chi connectivity index (χ2n) is 8.45. The molecule has 2 N–H and O–H groups in total. The zero-order valence-electron chi connectivity index (χ0n) is 15.5. The van der Waals surface area contributed by atoms with Crippen molar-refractivity contribution in [2.45, 2.75) is 84.3 Å². The van der Waals surface area contributed by atoms with E-state index < -0.39 is 0 Å². The molecule has 0 atom stereocenters. The number of hydrogen-bond acceptors (Lipinski definition) is 3. The number of nitrogens with one attached hydrogen (secondary N) is 2. The summed E-state index contributed by atoms with van der Waals surface area (Å²) in [7, 11) is 2.29. The van der Waals surface area contributed by atoms with Gasteiger partial charge in [0.05, 0.1) is 5.69 Å². The molecule has 4 nitrogen and oxygen atoms in total. The van der Waals surface area contributed by atoms with Gasteiger partial charge in [-0.05, 0) is 86.4 Å². The Balaban J connectivity index is 1.88. The van der Waals surface area contributed by atoms with Gasteiger partial charge in [-0.3, -0.25) is 5.10 Å². The Bertz CT molecular complexity index is 466. The van der Waals surface area contributed by atoms with Gasteiger partial charge in [0.1, 0.15) is 0 Å². The van der Waals surface area contributed by atoms with Crippen LogP contribution in [0.25, 0.3) is 0 Å². The largest absolute Gasteiger partial charge is 0.307 e. The first-order valence-corrected chi connectivity index (χ1v) is 8.60. The van der Waals surface area contributed by atoms with Gasteiger partial charge in [0.15, 0.2) is 0 Å². The fraction of sp³-hybridized carbons (Fsp3) is 0.833. The fourth-order valence-corrected chi connectivity index (χ4v) is 4.21. The van der Waals surface area contributed by atoms with Crippen LogP contribution in [0.3, 0.4) is 0 Å². The minimum Gasteiger partial charge on any atom is -0.307 e. The second kappa shape index (κ2) is 6.32. The van der Waals surface area contributed by atoms with Crippen LogP contribution in [0.4, 0.5) is 0 Å². The topological polar surface area (TPSA) is 44.0 Å². The quantitative estimate of drug-likeness (QED) is 0.878. The standard InChI is InChI=1S/C18H34N4/c1-13-16(14(2)20-19-13)9-8-10-22(7)15-11-17(3,4)21-18(5,6)12-15/h15,21H,8-12H2,1-7H3,(H,19,20). The zero-order chi connectivity index (χ0) is 16.5. The summed E-state index contributed by atoms with van der Waals surface area (Å²) in [6.07, 6.45) is 4.76. The molecule has 0 radical (unpaired) electrons. The molecule has 126 valence electrons. The van der Waals surface area contributed by atoms with Crippen LogP contribution < -0.4 is 5.32 Å².